The van der Waals surface area contributed by atoms with Gasteiger partial charge in [0, 0.05) is 25.7 Å². The molecule has 1 amide bonds. The number of nitrogens with zero attached hydrogens (tertiary/aromatic N) is 1. The first kappa shape index (κ1) is 20.1. The molecule has 1 aliphatic rings. The third kappa shape index (κ3) is 5.21. The zero-order valence-electron chi connectivity index (χ0n) is 14.9. The third-order valence-corrected chi connectivity index (χ3v) is 6.46. The van der Waals surface area contributed by atoms with Gasteiger partial charge in [-0.2, -0.15) is 0 Å². The van der Waals surface area contributed by atoms with Crippen LogP contribution in [0.3, 0.4) is 0 Å². The Balaban J connectivity index is 1.47. The topological polar surface area (TPSA) is 74.4 Å². The average Bonchev–Trinajstić information content (AvgIpc) is 3.02. The van der Waals surface area contributed by atoms with Gasteiger partial charge in [-0.05, 0) is 68.5 Å². The summed E-state index contributed by atoms with van der Waals surface area (Å²) in [4.78, 5) is 29.2. The largest absolute Gasteiger partial charge is 0.465 e. The Morgan fingerprint density at radius 2 is 1.89 bits per heavy atom. The molecule has 1 aromatic heterocycles. The minimum atomic E-state index is -0.320. The number of H-pyrrole nitrogens is 1. The van der Waals surface area contributed by atoms with Crippen molar-refractivity contribution in [2.24, 2.45) is 0 Å². The number of hydrogen-bond donors (Lipinski definition) is 2. The van der Waals surface area contributed by atoms with Crippen molar-refractivity contribution in [2.75, 3.05) is 20.2 Å². The molecule has 2 heterocycles. The Bertz CT molecular complexity index is 793. The second-order valence-electron chi connectivity index (χ2n) is 6.56. The molecule has 1 saturated heterocycles. The molecule has 0 unspecified atom stereocenters. The summed E-state index contributed by atoms with van der Waals surface area (Å²) in [5, 5.41) is 3.10. The molecule has 0 radical (unpaired) electrons. The van der Waals surface area contributed by atoms with Gasteiger partial charge in [-0.25, -0.2) is 4.79 Å². The Kier molecular flexibility index (Phi) is 6.73. The van der Waals surface area contributed by atoms with Crippen molar-refractivity contribution < 1.29 is 14.3 Å². The van der Waals surface area contributed by atoms with Gasteiger partial charge in [0.15, 0.2) is 0 Å². The van der Waals surface area contributed by atoms with Crippen molar-refractivity contribution in [3.63, 3.8) is 0 Å². The van der Waals surface area contributed by atoms with Crippen molar-refractivity contribution in [2.45, 2.75) is 25.4 Å². The monoisotopic (exact) mass is 497 g/mol. The summed E-state index contributed by atoms with van der Waals surface area (Å²) in [6.07, 6.45) is 1.82. The summed E-state index contributed by atoms with van der Waals surface area (Å²) >= 11 is 6.73. The van der Waals surface area contributed by atoms with E-state index in [1.807, 2.05) is 12.1 Å². The maximum Gasteiger partial charge on any atom is 0.337 e. The minimum absolute atomic E-state index is 0.0850. The number of ether oxygens (including phenoxy) is 1. The number of aromatic nitrogens is 1. The molecule has 0 spiro atoms. The number of esters is 1. The van der Waals surface area contributed by atoms with E-state index in [4.69, 9.17) is 4.74 Å². The molecule has 6 nitrogen and oxygen atoms in total. The number of likely N-dealkylation sites (tertiary alicyclic amines) is 1. The number of nitrogens with one attached hydrogen (secondary N) is 2. The van der Waals surface area contributed by atoms with E-state index in [0.717, 1.165) is 47.1 Å². The highest BCUT2D eigenvalue weighted by Gasteiger charge is 2.22. The van der Waals surface area contributed by atoms with E-state index in [0.29, 0.717) is 11.3 Å². The number of carbonyl (C=O) groups excluding carboxylic acids is 2. The second kappa shape index (κ2) is 9.03. The zero-order chi connectivity index (χ0) is 19.4. The summed E-state index contributed by atoms with van der Waals surface area (Å²) in [5.74, 6) is -0.405. The van der Waals surface area contributed by atoms with Crippen LogP contribution in [0.1, 0.15) is 39.3 Å². The molecule has 8 heteroatoms. The van der Waals surface area contributed by atoms with Crippen LogP contribution in [0.5, 0.6) is 0 Å². The predicted octanol–water partition coefficient (Wildman–Crippen LogP) is 3.72. The highest BCUT2D eigenvalue weighted by molar-refractivity contribution is 9.13. The molecule has 1 aromatic carbocycles. The fourth-order valence-electron chi connectivity index (χ4n) is 3.15. The molecule has 144 valence electrons. The van der Waals surface area contributed by atoms with E-state index >= 15 is 0 Å². The van der Waals surface area contributed by atoms with Crippen molar-refractivity contribution >= 4 is 43.7 Å². The van der Waals surface area contributed by atoms with Gasteiger partial charge in [-0.15, -0.1) is 0 Å². The lowest BCUT2D eigenvalue weighted by Gasteiger charge is -2.32. The van der Waals surface area contributed by atoms with Crippen LogP contribution >= 0.6 is 31.9 Å². The molecule has 1 aliphatic heterocycles. The smallest absolute Gasteiger partial charge is 0.337 e. The van der Waals surface area contributed by atoms with Crippen molar-refractivity contribution in [1.29, 1.82) is 0 Å². The standard InChI is InChI=1S/C19H21Br2N3O3/c1-27-19(26)13-4-2-12(3-5-13)11-24-8-6-14(7-9-24)22-18(25)16-10-15(20)17(21)23-16/h2-5,10,14,23H,6-9,11H2,1H3,(H,22,25). The summed E-state index contributed by atoms with van der Waals surface area (Å²) in [5.41, 5.74) is 2.26. The molecular weight excluding hydrogens is 478 g/mol. The molecule has 0 atom stereocenters. The molecule has 0 saturated carbocycles. The fraction of sp³-hybridized carbons (Fsp3) is 0.368. The van der Waals surface area contributed by atoms with Gasteiger partial charge in [-0.3, -0.25) is 9.69 Å². The van der Waals surface area contributed by atoms with Crippen LogP contribution < -0.4 is 5.32 Å². The zero-order valence-corrected chi connectivity index (χ0v) is 18.1. The molecule has 0 bridgehead atoms. The van der Waals surface area contributed by atoms with Gasteiger partial charge in [0.05, 0.1) is 21.7 Å². The van der Waals surface area contributed by atoms with E-state index < -0.39 is 0 Å². The Morgan fingerprint density at radius 1 is 1.22 bits per heavy atom. The number of halogens is 2. The Labute approximate surface area is 174 Å². The number of benzene rings is 1. The van der Waals surface area contributed by atoms with Crippen LogP contribution in [0, 0.1) is 0 Å². The summed E-state index contributed by atoms with van der Waals surface area (Å²) < 4.78 is 6.32. The SMILES string of the molecule is COC(=O)c1ccc(CN2CCC(NC(=O)c3cc(Br)c(Br)[nH]3)CC2)cc1. The molecular formula is C19H21Br2N3O3. The van der Waals surface area contributed by atoms with Crippen molar-refractivity contribution in [3.05, 3.63) is 56.2 Å². The first-order valence-electron chi connectivity index (χ1n) is 8.70. The number of rotatable bonds is 5. The van der Waals surface area contributed by atoms with E-state index in [-0.39, 0.29) is 17.9 Å². The summed E-state index contributed by atoms with van der Waals surface area (Å²) in [6, 6.07) is 9.45. The van der Waals surface area contributed by atoms with Gasteiger partial charge < -0.3 is 15.0 Å². The van der Waals surface area contributed by atoms with Gasteiger partial charge in [0.1, 0.15) is 5.69 Å². The van der Waals surface area contributed by atoms with E-state index in [1.54, 1.807) is 18.2 Å². The van der Waals surface area contributed by atoms with Crippen LogP contribution in [0.4, 0.5) is 0 Å². The number of aromatic amines is 1. The van der Waals surface area contributed by atoms with Crippen LogP contribution in [-0.2, 0) is 11.3 Å². The highest BCUT2D eigenvalue weighted by Crippen LogP contribution is 2.23. The maximum absolute atomic E-state index is 12.3. The van der Waals surface area contributed by atoms with Gasteiger partial charge >= 0.3 is 5.97 Å². The van der Waals surface area contributed by atoms with E-state index in [1.165, 1.54) is 7.11 Å². The predicted molar refractivity (Wildman–Crippen MR) is 110 cm³/mol. The van der Waals surface area contributed by atoms with Crippen LogP contribution in [0.25, 0.3) is 0 Å². The quantitative estimate of drug-likeness (QED) is 0.616. The molecule has 27 heavy (non-hydrogen) atoms. The van der Waals surface area contributed by atoms with Gasteiger partial charge in [-0.1, -0.05) is 12.1 Å². The molecule has 2 aromatic rings. The third-order valence-electron chi connectivity index (χ3n) is 4.67. The van der Waals surface area contributed by atoms with Crippen molar-refractivity contribution in [3.8, 4) is 0 Å². The van der Waals surface area contributed by atoms with Gasteiger partial charge in [0.25, 0.3) is 5.91 Å². The number of methoxy groups -OCH3 is 1. The van der Waals surface area contributed by atoms with Crippen molar-refractivity contribution in [1.82, 2.24) is 15.2 Å². The lowest BCUT2D eigenvalue weighted by Crippen LogP contribution is -2.44. The first-order valence-corrected chi connectivity index (χ1v) is 10.3. The second-order valence-corrected chi connectivity index (χ2v) is 8.20. The average molecular weight is 499 g/mol. The Hall–Kier alpha value is -1.64. The number of piperidine rings is 1. The lowest BCUT2D eigenvalue weighted by atomic mass is 10.0. The van der Waals surface area contributed by atoms with Crippen LogP contribution in [0.2, 0.25) is 0 Å². The van der Waals surface area contributed by atoms with Crippen LogP contribution in [0.15, 0.2) is 39.4 Å². The molecule has 2 N–H and O–H groups in total. The normalized spacial score (nSPS) is 15.5. The van der Waals surface area contributed by atoms with E-state index in [9.17, 15) is 9.59 Å². The van der Waals surface area contributed by atoms with Crippen LogP contribution in [-0.4, -0.2) is 48.0 Å². The van der Waals surface area contributed by atoms with Gasteiger partial charge in [0.2, 0.25) is 0 Å². The first-order chi connectivity index (χ1) is 13.0. The number of amides is 1. The minimum Gasteiger partial charge on any atom is -0.465 e. The highest BCUT2D eigenvalue weighted by atomic mass is 79.9. The fourth-order valence-corrected chi connectivity index (χ4v) is 3.80. The Morgan fingerprint density at radius 3 is 2.44 bits per heavy atom. The lowest BCUT2D eigenvalue weighted by molar-refractivity contribution is 0.0600. The maximum atomic E-state index is 12.3. The summed E-state index contributed by atoms with van der Waals surface area (Å²) in [7, 11) is 1.38. The van der Waals surface area contributed by atoms with E-state index in [2.05, 4.69) is 47.1 Å². The number of hydrogen-bond acceptors (Lipinski definition) is 4. The molecule has 0 aliphatic carbocycles. The molecule has 1 fully saturated rings. The number of carbonyl (C=O) groups is 2. The summed E-state index contributed by atoms with van der Waals surface area (Å²) in [6.45, 7) is 2.67. The molecule has 3 rings (SSSR count).